The second-order valence-electron chi connectivity index (χ2n) is 24.2. The Balaban J connectivity index is 0.000000212. The summed E-state index contributed by atoms with van der Waals surface area (Å²) in [5, 5.41) is 20.1. The van der Waals surface area contributed by atoms with Crippen molar-refractivity contribution in [1.29, 1.82) is 0 Å². The zero-order chi connectivity index (χ0) is 64.0. The van der Waals surface area contributed by atoms with Crippen LogP contribution in [-0.4, -0.2) is 75.3 Å². The van der Waals surface area contributed by atoms with E-state index < -0.39 is 24.7 Å². The van der Waals surface area contributed by atoms with Gasteiger partial charge in [-0.3, -0.25) is 0 Å². The molecule has 24 heteroatoms. The van der Waals surface area contributed by atoms with Gasteiger partial charge in [0.25, 0.3) is 24.6 Å². The van der Waals surface area contributed by atoms with Gasteiger partial charge in [0.05, 0.1) is 50.7 Å². The average Bonchev–Trinajstić information content (AvgIpc) is 2.15. The van der Waals surface area contributed by atoms with Gasteiger partial charge in [-0.15, -0.1) is 44.8 Å². The molecule has 4 aromatic carbocycles. The van der Waals surface area contributed by atoms with Gasteiger partial charge < -0.3 is 37.5 Å². The van der Waals surface area contributed by atoms with Gasteiger partial charge in [-0.05, 0) is 181 Å². The molecule has 4 atom stereocenters. The van der Waals surface area contributed by atoms with Crippen molar-refractivity contribution in [2.75, 3.05) is 28.4 Å². The van der Waals surface area contributed by atoms with Crippen molar-refractivity contribution in [2.45, 2.75) is 169 Å². The van der Waals surface area contributed by atoms with Crippen LogP contribution in [0.2, 0.25) is 0 Å². The van der Waals surface area contributed by atoms with Crippen LogP contribution in [0.3, 0.4) is 0 Å². The van der Waals surface area contributed by atoms with E-state index in [1.54, 1.807) is 48.5 Å². The highest BCUT2D eigenvalue weighted by Gasteiger charge is 2.41. The molecule has 8 rings (SSSR count). The Morgan fingerprint density at radius 2 is 0.663 bits per heavy atom. The molecule has 16 nitrogen and oxygen atoms in total. The molecule has 0 heterocycles. The Morgan fingerprint density at radius 3 is 0.895 bits per heavy atom. The van der Waals surface area contributed by atoms with Gasteiger partial charge >= 0.3 is 36.6 Å². The van der Waals surface area contributed by atoms with Crippen LogP contribution in [0.15, 0.2) is 72.8 Å². The molecule has 4 fully saturated rings. The molecule has 0 unspecified atom stereocenters. The van der Waals surface area contributed by atoms with Crippen molar-refractivity contribution < 1.29 is 101 Å². The molecule has 86 heavy (non-hydrogen) atoms. The normalized spacial score (nSPS) is 20.6. The van der Waals surface area contributed by atoms with Gasteiger partial charge in [-0.1, -0.05) is 81.1 Å². The highest BCUT2D eigenvalue weighted by molar-refractivity contribution is 7.90. The Kier molecular flexibility index (Phi) is 25.0. The summed E-state index contributed by atoms with van der Waals surface area (Å²) in [6, 6.07) is 19.3. The summed E-state index contributed by atoms with van der Waals surface area (Å²) in [5.41, 5.74) is 5.22. The minimum atomic E-state index is -4.92. The first kappa shape index (κ1) is 70.8. The fourth-order valence-corrected chi connectivity index (χ4v) is 13.0. The number of benzene rings is 4. The summed E-state index contributed by atoms with van der Waals surface area (Å²) >= 11 is 0.136. The van der Waals surface area contributed by atoms with E-state index >= 15 is 0 Å². The second-order valence-corrected chi connectivity index (χ2v) is 25.1. The number of alkyl halides is 6. The number of phenolic OH excluding ortho intramolecular Hbond substituents is 2. The lowest BCUT2D eigenvalue weighted by molar-refractivity contribution is -0.441. The highest BCUT2D eigenvalue weighted by Crippen LogP contribution is 2.55. The summed E-state index contributed by atoms with van der Waals surface area (Å²) in [6.45, 7) is 17.3. The third kappa shape index (κ3) is 19.5. The molecule has 0 aliphatic heterocycles. The number of ether oxygens (including phenoxy) is 4. The largest absolute Gasteiger partial charge is 0.550 e. The lowest BCUT2D eigenvalue weighted by Gasteiger charge is -2.28. The Hall–Kier alpha value is -5.92. The number of hydrogen-bond donors (Lipinski definition) is 2. The fraction of sp³-hybridized carbons (Fsp3) is 0.548. The van der Waals surface area contributed by atoms with Crippen LogP contribution in [0.1, 0.15) is 220 Å². The Bertz CT molecular complexity index is 2750. The van der Waals surface area contributed by atoms with Crippen molar-refractivity contribution >= 4 is 48.5 Å². The number of phenols is 2. The zero-order valence-electron chi connectivity index (χ0n) is 50.4. The van der Waals surface area contributed by atoms with Crippen LogP contribution in [0, 0.1) is 21.7 Å². The molecular weight excluding hydrogens is 1180 g/mol. The maximum atomic E-state index is 11.9. The SMILES string of the molecule is COC(=O)c1ccc(O)c([C@@H]2CCCC2(C)C)c1.COC(=O)c1ccc(O)c([C@H]2CCCC2(C)C)c1.COC(=O)c1ccc(OSOOC(F)(F)F)c([C@@H]2CCCC2(C)C)c1.COC(=O)c1ccc(OSOOC(F)(F)F)c([C@H]2CCCC2(C)C)c1. The van der Waals surface area contributed by atoms with Gasteiger partial charge in [0.2, 0.25) is 0 Å². The van der Waals surface area contributed by atoms with E-state index in [1.807, 2.05) is 0 Å². The summed E-state index contributed by atoms with van der Waals surface area (Å²) in [5.74, 6) is 0.314. The van der Waals surface area contributed by atoms with Crippen molar-refractivity contribution in [3.63, 3.8) is 0 Å². The fourth-order valence-electron chi connectivity index (χ4n) is 12.3. The van der Waals surface area contributed by atoms with E-state index in [2.05, 4.69) is 73.8 Å². The Morgan fingerprint density at radius 1 is 0.419 bits per heavy atom. The van der Waals surface area contributed by atoms with Gasteiger partial charge in [0.15, 0.2) is 0 Å². The first-order valence-corrected chi connectivity index (χ1v) is 29.3. The number of methoxy groups -OCH3 is 4. The number of hydrogen-bond acceptors (Lipinski definition) is 18. The standard InChI is InChI=1S/2C16H19F3O5S.2C15H20O3/c2*1-15(2)8-4-5-12(15)11-9-10(14(20)21-3)6-7-13(11)22-25-24-23-16(17,18)19;2*1-15(2)8-4-5-12(15)11-9-10(14(17)18-3)6-7-13(11)16/h2*6-7,9,12H,4-5,8H2,1-3H3;2*6-7,9,12,16H,4-5,8H2,1-3H3/t4*12-/m1010/s1. The van der Waals surface area contributed by atoms with Crippen molar-refractivity contribution in [1.82, 2.24) is 0 Å². The number of rotatable bonds is 16. The number of carbonyl (C=O) groups excluding carboxylic acids is 4. The Labute approximate surface area is 507 Å². The third-order valence-electron chi connectivity index (χ3n) is 16.8. The van der Waals surface area contributed by atoms with Gasteiger partial charge in [0.1, 0.15) is 23.0 Å². The predicted octanol–water partition coefficient (Wildman–Crippen LogP) is 17.3. The highest BCUT2D eigenvalue weighted by atomic mass is 32.2. The summed E-state index contributed by atoms with van der Waals surface area (Å²) in [7, 11) is 5.30. The van der Waals surface area contributed by atoms with E-state index in [-0.39, 0.29) is 81.6 Å². The van der Waals surface area contributed by atoms with Gasteiger partial charge in [0, 0.05) is 11.1 Å². The van der Waals surface area contributed by atoms with Gasteiger partial charge in [-0.25, -0.2) is 19.2 Å². The molecule has 0 spiro atoms. The topological polar surface area (TPSA) is 201 Å². The predicted molar refractivity (Wildman–Crippen MR) is 309 cm³/mol. The van der Waals surface area contributed by atoms with Crippen LogP contribution >= 0.6 is 24.6 Å². The molecule has 2 N–H and O–H groups in total. The van der Waals surface area contributed by atoms with E-state index in [9.17, 15) is 55.7 Å². The molecule has 4 aromatic rings. The molecule has 0 saturated heterocycles. The second kappa shape index (κ2) is 30.3. The first-order chi connectivity index (χ1) is 40.2. The van der Waals surface area contributed by atoms with E-state index in [0.717, 1.165) is 86.5 Å². The quantitative estimate of drug-likeness (QED) is 0.0204. The van der Waals surface area contributed by atoms with Crippen molar-refractivity contribution in [2.24, 2.45) is 21.7 Å². The molecular formula is C62H78F6O16S2. The van der Waals surface area contributed by atoms with Crippen LogP contribution in [-0.2, 0) is 37.4 Å². The van der Waals surface area contributed by atoms with E-state index in [0.29, 0.717) is 45.6 Å². The molecule has 0 bridgehead atoms. The minimum absolute atomic E-state index is 0.0269. The molecule has 0 amide bonds. The van der Waals surface area contributed by atoms with Crippen LogP contribution in [0.25, 0.3) is 0 Å². The van der Waals surface area contributed by atoms with E-state index in [4.69, 9.17) is 27.3 Å². The maximum Gasteiger partial charge on any atom is 0.550 e. The van der Waals surface area contributed by atoms with Gasteiger partial charge in [-0.2, -0.15) is 0 Å². The summed E-state index contributed by atoms with van der Waals surface area (Å²) in [6.07, 6.45) is 2.73. The summed E-state index contributed by atoms with van der Waals surface area (Å²) in [4.78, 5) is 53.1. The summed E-state index contributed by atoms with van der Waals surface area (Å²) < 4.78 is 109. The van der Waals surface area contributed by atoms with Crippen LogP contribution in [0.5, 0.6) is 23.0 Å². The number of halogens is 6. The minimum Gasteiger partial charge on any atom is -0.508 e. The van der Waals surface area contributed by atoms with Crippen LogP contribution < -0.4 is 8.37 Å². The molecule has 4 saturated carbocycles. The monoisotopic (exact) mass is 1260 g/mol. The smallest absolute Gasteiger partial charge is 0.508 e. The molecule has 476 valence electrons. The van der Waals surface area contributed by atoms with Crippen LogP contribution in [0.4, 0.5) is 26.3 Å². The number of carbonyl (C=O) groups is 4. The average molecular weight is 1260 g/mol. The zero-order valence-corrected chi connectivity index (χ0v) is 52.1. The lowest BCUT2D eigenvalue weighted by Crippen LogP contribution is -2.17. The first-order valence-electron chi connectivity index (χ1n) is 28.0. The number of esters is 4. The molecule has 4 aliphatic carbocycles. The lowest BCUT2D eigenvalue weighted by atomic mass is 9.77. The number of aromatic hydroxyl groups is 2. The molecule has 0 aromatic heterocycles. The van der Waals surface area contributed by atoms with Crippen molar-refractivity contribution in [3.8, 4) is 23.0 Å². The molecule has 0 radical (unpaired) electrons. The van der Waals surface area contributed by atoms with Crippen molar-refractivity contribution in [3.05, 3.63) is 117 Å². The third-order valence-corrected chi connectivity index (χ3v) is 17.6. The van der Waals surface area contributed by atoms with E-state index in [1.165, 1.54) is 65.5 Å². The maximum absolute atomic E-state index is 11.9. The molecule has 4 aliphatic rings.